The second kappa shape index (κ2) is 8.21. The van der Waals surface area contributed by atoms with E-state index in [4.69, 9.17) is 9.84 Å². The SMILES string of the molecule is CCSCCOc1ccc(/C=C/C(=O)O)cc1Br. The van der Waals surface area contributed by atoms with Crippen LogP contribution in [0.25, 0.3) is 6.08 Å². The molecule has 1 N–H and O–H groups in total. The van der Waals surface area contributed by atoms with Gasteiger partial charge in [-0.3, -0.25) is 0 Å². The molecule has 5 heteroatoms. The topological polar surface area (TPSA) is 46.5 Å². The molecule has 0 atom stereocenters. The second-order valence-electron chi connectivity index (χ2n) is 3.41. The van der Waals surface area contributed by atoms with Gasteiger partial charge in [0.2, 0.25) is 0 Å². The van der Waals surface area contributed by atoms with Crippen molar-refractivity contribution in [3.8, 4) is 5.75 Å². The van der Waals surface area contributed by atoms with E-state index < -0.39 is 5.97 Å². The van der Waals surface area contributed by atoms with Crippen molar-refractivity contribution < 1.29 is 14.6 Å². The molecule has 0 aliphatic carbocycles. The van der Waals surface area contributed by atoms with Crippen molar-refractivity contribution >= 4 is 39.7 Å². The Morgan fingerprint density at radius 3 is 2.94 bits per heavy atom. The summed E-state index contributed by atoms with van der Waals surface area (Å²) < 4.78 is 6.44. The number of halogens is 1. The van der Waals surface area contributed by atoms with Crippen LogP contribution in [0.15, 0.2) is 28.7 Å². The highest BCUT2D eigenvalue weighted by atomic mass is 79.9. The molecule has 1 rings (SSSR count). The van der Waals surface area contributed by atoms with Gasteiger partial charge < -0.3 is 9.84 Å². The molecule has 98 valence electrons. The number of rotatable bonds is 7. The van der Waals surface area contributed by atoms with E-state index in [1.54, 1.807) is 6.08 Å². The third kappa shape index (κ3) is 5.60. The van der Waals surface area contributed by atoms with Crippen molar-refractivity contribution in [2.45, 2.75) is 6.92 Å². The van der Waals surface area contributed by atoms with E-state index in [0.29, 0.717) is 6.61 Å². The molecule has 0 amide bonds. The predicted octanol–water partition coefficient (Wildman–Crippen LogP) is 3.68. The lowest BCUT2D eigenvalue weighted by Gasteiger charge is -2.08. The van der Waals surface area contributed by atoms with Crippen LogP contribution < -0.4 is 4.74 Å². The van der Waals surface area contributed by atoms with Gasteiger partial charge in [0.1, 0.15) is 5.75 Å². The van der Waals surface area contributed by atoms with Crippen LogP contribution >= 0.6 is 27.7 Å². The normalized spacial score (nSPS) is 10.8. The molecule has 0 saturated carbocycles. The Bertz CT molecular complexity index is 432. The standard InChI is InChI=1S/C13H15BrO3S/c1-2-18-8-7-17-12-5-3-10(9-11(12)14)4-6-13(15)16/h3-6,9H,2,7-8H2,1H3,(H,15,16)/b6-4+. The zero-order valence-corrected chi connectivity index (χ0v) is 12.5. The minimum atomic E-state index is -0.956. The smallest absolute Gasteiger partial charge is 0.328 e. The zero-order chi connectivity index (χ0) is 13.4. The third-order valence-electron chi connectivity index (χ3n) is 2.06. The molecule has 0 heterocycles. The first-order chi connectivity index (χ1) is 8.63. The maximum absolute atomic E-state index is 10.4. The molecular weight excluding hydrogens is 316 g/mol. The fourth-order valence-corrected chi connectivity index (χ4v) is 2.26. The number of carboxylic acids is 1. The minimum Gasteiger partial charge on any atom is -0.492 e. The number of carboxylic acid groups (broad SMARTS) is 1. The predicted molar refractivity (Wildman–Crippen MR) is 79.3 cm³/mol. The van der Waals surface area contributed by atoms with E-state index in [-0.39, 0.29) is 0 Å². The van der Waals surface area contributed by atoms with Gasteiger partial charge in [0, 0.05) is 11.8 Å². The van der Waals surface area contributed by atoms with Crippen LogP contribution in [0, 0.1) is 0 Å². The molecule has 0 radical (unpaired) electrons. The lowest BCUT2D eigenvalue weighted by molar-refractivity contribution is -0.131. The molecule has 3 nitrogen and oxygen atoms in total. The minimum absolute atomic E-state index is 0.668. The van der Waals surface area contributed by atoms with E-state index in [1.165, 1.54) is 0 Å². The largest absolute Gasteiger partial charge is 0.492 e. The first kappa shape index (κ1) is 15.1. The Balaban J connectivity index is 2.59. The van der Waals surface area contributed by atoms with Crippen molar-refractivity contribution in [1.82, 2.24) is 0 Å². The van der Waals surface area contributed by atoms with Crippen molar-refractivity contribution in [2.24, 2.45) is 0 Å². The highest BCUT2D eigenvalue weighted by Gasteiger charge is 2.01. The van der Waals surface area contributed by atoms with Crippen LogP contribution in [0.5, 0.6) is 5.75 Å². The highest BCUT2D eigenvalue weighted by molar-refractivity contribution is 9.10. The summed E-state index contributed by atoms with van der Waals surface area (Å²) >= 11 is 5.24. The Labute approximate surface area is 119 Å². The first-order valence-corrected chi connectivity index (χ1v) is 7.49. The van der Waals surface area contributed by atoms with Gasteiger partial charge in [0.15, 0.2) is 0 Å². The Morgan fingerprint density at radius 1 is 1.56 bits per heavy atom. The molecule has 0 saturated heterocycles. The monoisotopic (exact) mass is 330 g/mol. The summed E-state index contributed by atoms with van der Waals surface area (Å²) in [5.74, 6) is 1.87. The fraction of sp³-hybridized carbons (Fsp3) is 0.308. The summed E-state index contributed by atoms with van der Waals surface area (Å²) in [5.41, 5.74) is 0.819. The van der Waals surface area contributed by atoms with Crippen molar-refractivity contribution in [3.63, 3.8) is 0 Å². The molecule has 0 spiro atoms. The molecular formula is C13H15BrO3S. The molecule has 1 aromatic rings. The number of ether oxygens (including phenoxy) is 1. The molecule has 18 heavy (non-hydrogen) atoms. The van der Waals surface area contributed by atoms with Crippen LogP contribution in [0.4, 0.5) is 0 Å². The lowest BCUT2D eigenvalue weighted by Crippen LogP contribution is -2.00. The Morgan fingerprint density at radius 2 is 2.33 bits per heavy atom. The van der Waals surface area contributed by atoms with Gasteiger partial charge in [0.25, 0.3) is 0 Å². The van der Waals surface area contributed by atoms with Gasteiger partial charge in [-0.2, -0.15) is 11.8 Å². The van der Waals surface area contributed by atoms with E-state index in [9.17, 15) is 4.79 Å². The van der Waals surface area contributed by atoms with Gasteiger partial charge in [-0.1, -0.05) is 13.0 Å². The maximum Gasteiger partial charge on any atom is 0.328 e. The summed E-state index contributed by atoms with van der Waals surface area (Å²) in [5, 5.41) is 8.54. The summed E-state index contributed by atoms with van der Waals surface area (Å²) in [6, 6.07) is 5.50. The number of benzene rings is 1. The van der Waals surface area contributed by atoms with E-state index in [1.807, 2.05) is 30.0 Å². The van der Waals surface area contributed by atoms with E-state index in [2.05, 4.69) is 22.9 Å². The number of hydrogen-bond donors (Lipinski definition) is 1. The quantitative estimate of drug-likeness (QED) is 0.612. The Kier molecular flexibility index (Phi) is 6.90. The number of aliphatic carboxylic acids is 1. The van der Waals surface area contributed by atoms with Gasteiger partial charge >= 0.3 is 5.97 Å². The lowest BCUT2D eigenvalue weighted by atomic mass is 10.2. The maximum atomic E-state index is 10.4. The first-order valence-electron chi connectivity index (χ1n) is 5.54. The van der Waals surface area contributed by atoms with Gasteiger partial charge in [-0.05, 0) is 45.5 Å². The Hall–Kier alpha value is -0.940. The average Bonchev–Trinajstić information content (AvgIpc) is 2.34. The van der Waals surface area contributed by atoms with Crippen LogP contribution in [-0.2, 0) is 4.79 Å². The number of hydrogen-bond acceptors (Lipinski definition) is 3. The van der Waals surface area contributed by atoms with Crippen LogP contribution in [0.1, 0.15) is 12.5 Å². The highest BCUT2D eigenvalue weighted by Crippen LogP contribution is 2.26. The van der Waals surface area contributed by atoms with Crippen LogP contribution in [0.2, 0.25) is 0 Å². The van der Waals surface area contributed by atoms with Crippen molar-refractivity contribution in [1.29, 1.82) is 0 Å². The fourth-order valence-electron chi connectivity index (χ4n) is 1.26. The number of thioether (sulfide) groups is 1. The average molecular weight is 331 g/mol. The zero-order valence-electron chi connectivity index (χ0n) is 10.1. The number of carbonyl (C=O) groups is 1. The summed E-state index contributed by atoms with van der Waals surface area (Å²) in [6.07, 6.45) is 2.66. The summed E-state index contributed by atoms with van der Waals surface area (Å²) in [4.78, 5) is 10.4. The molecule has 0 bridgehead atoms. The van der Waals surface area contributed by atoms with Crippen LogP contribution in [0.3, 0.4) is 0 Å². The van der Waals surface area contributed by atoms with Gasteiger partial charge in [-0.15, -0.1) is 0 Å². The van der Waals surface area contributed by atoms with Crippen LogP contribution in [-0.4, -0.2) is 29.2 Å². The molecule has 0 aliphatic heterocycles. The van der Waals surface area contributed by atoms with E-state index in [0.717, 1.165) is 33.4 Å². The van der Waals surface area contributed by atoms with Gasteiger partial charge in [0.05, 0.1) is 11.1 Å². The van der Waals surface area contributed by atoms with E-state index >= 15 is 0 Å². The van der Waals surface area contributed by atoms with Gasteiger partial charge in [-0.25, -0.2) is 4.79 Å². The summed E-state index contributed by atoms with van der Waals surface area (Å²) in [6.45, 7) is 2.78. The van der Waals surface area contributed by atoms with Crippen molar-refractivity contribution in [3.05, 3.63) is 34.3 Å². The summed E-state index contributed by atoms with van der Waals surface area (Å²) in [7, 11) is 0. The molecule has 0 aliphatic rings. The molecule has 1 aromatic carbocycles. The molecule has 0 aromatic heterocycles. The third-order valence-corrected chi connectivity index (χ3v) is 3.55. The van der Waals surface area contributed by atoms with Crippen molar-refractivity contribution in [2.75, 3.05) is 18.1 Å². The molecule has 0 fully saturated rings. The second-order valence-corrected chi connectivity index (χ2v) is 5.65. The molecule has 0 unspecified atom stereocenters.